The van der Waals surface area contributed by atoms with Gasteiger partial charge in [-0.15, -0.1) is 11.8 Å². The van der Waals surface area contributed by atoms with Crippen molar-refractivity contribution in [2.24, 2.45) is 0 Å². The van der Waals surface area contributed by atoms with Gasteiger partial charge in [-0.25, -0.2) is 9.59 Å². The van der Waals surface area contributed by atoms with Crippen LogP contribution < -0.4 is 15.5 Å². The van der Waals surface area contributed by atoms with Gasteiger partial charge in [0.1, 0.15) is 11.8 Å². The zero-order chi connectivity index (χ0) is 20.4. The van der Waals surface area contributed by atoms with Crippen LogP contribution in [-0.4, -0.2) is 36.9 Å². The molecule has 4 rings (SSSR count). The summed E-state index contributed by atoms with van der Waals surface area (Å²) in [5.41, 5.74) is 1.99. The Kier molecular flexibility index (Phi) is 5.53. The minimum atomic E-state index is -0.695. The molecule has 0 saturated carbocycles. The maximum atomic E-state index is 12.8. The molecule has 2 aliphatic rings. The molecular formula is C21H23N3O4S. The average Bonchev–Trinajstić information content (AvgIpc) is 3.22. The summed E-state index contributed by atoms with van der Waals surface area (Å²) in [7, 11) is 0. The van der Waals surface area contributed by atoms with Crippen molar-refractivity contribution in [3.63, 3.8) is 0 Å². The molecule has 7 nitrogen and oxygen atoms in total. The molecule has 0 spiro atoms. The third-order valence-corrected chi connectivity index (χ3v) is 5.99. The molecule has 8 heteroatoms. The van der Waals surface area contributed by atoms with E-state index in [-0.39, 0.29) is 12.6 Å². The number of hydrogen-bond acceptors (Lipinski definition) is 6. The number of furan rings is 1. The smallest absolute Gasteiger partial charge is 0.338 e. The van der Waals surface area contributed by atoms with E-state index >= 15 is 0 Å². The molecule has 0 bridgehead atoms. The summed E-state index contributed by atoms with van der Waals surface area (Å²) in [6.07, 6.45) is 1.52. The fraction of sp³-hybridized carbons (Fsp3) is 0.333. The lowest BCUT2D eigenvalue weighted by molar-refractivity contribution is -0.139. The Morgan fingerprint density at radius 2 is 2.14 bits per heavy atom. The lowest BCUT2D eigenvalue weighted by Gasteiger charge is -2.37. The lowest BCUT2D eigenvalue weighted by atomic mass is 9.99. The number of fused-ring (bicyclic) bond motifs is 1. The molecular weight excluding hydrogens is 390 g/mol. The molecule has 0 fully saturated rings. The maximum Gasteiger partial charge on any atom is 0.338 e. The van der Waals surface area contributed by atoms with E-state index in [4.69, 9.17) is 9.15 Å². The van der Waals surface area contributed by atoms with Gasteiger partial charge in [-0.2, -0.15) is 0 Å². The Balaban J connectivity index is 1.74. The molecule has 2 aliphatic heterocycles. The number of nitrogens with one attached hydrogen (secondary N) is 2. The van der Waals surface area contributed by atoms with Gasteiger partial charge >= 0.3 is 12.0 Å². The SMILES string of the molecule is CCOC(=O)C1=C(CN2CC(C)Sc3ccccc32)NC(=O)NC1c1ccco1. The van der Waals surface area contributed by atoms with Crippen LogP contribution in [0.4, 0.5) is 10.5 Å². The second-order valence-corrected chi connectivity index (χ2v) is 8.42. The lowest BCUT2D eigenvalue weighted by Crippen LogP contribution is -2.49. The predicted octanol–water partition coefficient (Wildman–Crippen LogP) is 3.45. The van der Waals surface area contributed by atoms with Crippen molar-refractivity contribution in [3.05, 3.63) is 59.7 Å². The standard InChI is InChI=1S/C21H23N3O4S/c1-3-27-20(25)18-14(22-21(26)23-19(18)16-8-6-10-28-16)12-24-11-13(2)29-17-9-5-4-7-15(17)24/h4-10,13,19H,3,11-12H2,1-2H3,(H2,22,23,26). The second kappa shape index (κ2) is 8.24. The number of thioether (sulfide) groups is 1. The molecule has 2 amide bonds. The largest absolute Gasteiger partial charge is 0.467 e. The number of hydrogen-bond donors (Lipinski definition) is 2. The van der Waals surface area contributed by atoms with E-state index in [1.54, 1.807) is 19.1 Å². The molecule has 0 saturated heterocycles. The number of urea groups is 1. The van der Waals surface area contributed by atoms with Crippen LogP contribution in [0, 0.1) is 0 Å². The van der Waals surface area contributed by atoms with E-state index in [0.717, 1.165) is 12.2 Å². The summed E-state index contributed by atoms with van der Waals surface area (Å²) in [4.78, 5) is 28.6. The van der Waals surface area contributed by atoms with Crippen LogP contribution in [-0.2, 0) is 9.53 Å². The average molecular weight is 413 g/mol. The number of carbonyl (C=O) groups is 2. The van der Waals surface area contributed by atoms with Crippen LogP contribution in [0.2, 0.25) is 0 Å². The normalized spacial score (nSPS) is 21.3. The third-order valence-electron chi connectivity index (χ3n) is 4.84. The van der Waals surface area contributed by atoms with E-state index in [1.807, 2.05) is 23.9 Å². The minimum Gasteiger partial charge on any atom is -0.467 e. The van der Waals surface area contributed by atoms with Gasteiger partial charge in [0.15, 0.2) is 0 Å². The van der Waals surface area contributed by atoms with Gasteiger partial charge in [0.05, 0.1) is 36.4 Å². The summed E-state index contributed by atoms with van der Waals surface area (Å²) in [6.45, 7) is 5.36. The third kappa shape index (κ3) is 3.98. The van der Waals surface area contributed by atoms with E-state index in [2.05, 4.69) is 34.6 Å². The minimum absolute atomic E-state index is 0.245. The first kappa shape index (κ1) is 19.4. The molecule has 1 aromatic carbocycles. The highest BCUT2D eigenvalue weighted by Gasteiger charge is 2.36. The van der Waals surface area contributed by atoms with Crippen molar-refractivity contribution in [1.29, 1.82) is 0 Å². The summed E-state index contributed by atoms with van der Waals surface area (Å²) in [5.74, 6) is 0.0208. The van der Waals surface area contributed by atoms with Crippen molar-refractivity contribution in [1.82, 2.24) is 10.6 Å². The molecule has 2 N–H and O–H groups in total. The quantitative estimate of drug-likeness (QED) is 0.731. The highest BCUT2D eigenvalue weighted by Crippen LogP contribution is 2.39. The molecule has 2 unspecified atom stereocenters. The molecule has 2 aromatic rings. The Morgan fingerprint density at radius 3 is 2.90 bits per heavy atom. The van der Waals surface area contributed by atoms with Crippen LogP contribution in [0.1, 0.15) is 25.6 Å². The van der Waals surface area contributed by atoms with Crippen LogP contribution >= 0.6 is 11.8 Å². The first-order valence-electron chi connectivity index (χ1n) is 9.58. The van der Waals surface area contributed by atoms with E-state index in [0.29, 0.717) is 28.8 Å². The van der Waals surface area contributed by atoms with E-state index < -0.39 is 12.0 Å². The monoisotopic (exact) mass is 413 g/mol. The van der Waals surface area contributed by atoms with Gasteiger partial charge in [0, 0.05) is 16.7 Å². The zero-order valence-corrected chi connectivity index (χ0v) is 17.1. The van der Waals surface area contributed by atoms with Crippen molar-refractivity contribution < 1.29 is 18.7 Å². The fourth-order valence-electron chi connectivity index (χ4n) is 3.68. The molecule has 0 aliphatic carbocycles. The second-order valence-electron chi connectivity index (χ2n) is 6.94. The number of para-hydroxylation sites is 1. The van der Waals surface area contributed by atoms with Crippen LogP contribution in [0.5, 0.6) is 0 Å². The van der Waals surface area contributed by atoms with Crippen molar-refractivity contribution in [2.75, 3.05) is 24.6 Å². The van der Waals surface area contributed by atoms with Gasteiger partial charge in [-0.05, 0) is 31.2 Å². The van der Waals surface area contributed by atoms with Crippen LogP contribution in [0.3, 0.4) is 0 Å². The maximum absolute atomic E-state index is 12.8. The van der Waals surface area contributed by atoms with Crippen molar-refractivity contribution in [2.45, 2.75) is 30.0 Å². The molecule has 2 atom stereocenters. The number of benzene rings is 1. The highest BCUT2D eigenvalue weighted by molar-refractivity contribution is 8.00. The molecule has 29 heavy (non-hydrogen) atoms. The number of amides is 2. The first-order chi connectivity index (χ1) is 14.1. The number of anilines is 1. The number of ether oxygens (including phenoxy) is 1. The van der Waals surface area contributed by atoms with Gasteiger partial charge in [-0.1, -0.05) is 19.1 Å². The Bertz CT molecular complexity index is 941. The Hall–Kier alpha value is -2.87. The number of esters is 1. The van der Waals surface area contributed by atoms with Gasteiger partial charge in [0.2, 0.25) is 0 Å². The van der Waals surface area contributed by atoms with E-state index in [1.165, 1.54) is 11.2 Å². The summed E-state index contributed by atoms with van der Waals surface area (Å²) in [5, 5.41) is 5.99. The zero-order valence-electron chi connectivity index (χ0n) is 16.3. The highest BCUT2D eigenvalue weighted by atomic mass is 32.2. The molecule has 3 heterocycles. The van der Waals surface area contributed by atoms with Gasteiger partial charge < -0.3 is 24.7 Å². The Labute approximate surface area is 173 Å². The summed E-state index contributed by atoms with van der Waals surface area (Å²) >= 11 is 1.83. The summed E-state index contributed by atoms with van der Waals surface area (Å²) in [6, 6.07) is 10.6. The van der Waals surface area contributed by atoms with E-state index in [9.17, 15) is 9.59 Å². The number of rotatable bonds is 5. The first-order valence-corrected chi connectivity index (χ1v) is 10.5. The molecule has 1 aromatic heterocycles. The summed E-state index contributed by atoms with van der Waals surface area (Å²) < 4.78 is 10.8. The van der Waals surface area contributed by atoms with Crippen LogP contribution in [0.25, 0.3) is 0 Å². The van der Waals surface area contributed by atoms with Crippen molar-refractivity contribution >= 4 is 29.4 Å². The van der Waals surface area contributed by atoms with Gasteiger partial charge in [0.25, 0.3) is 0 Å². The number of nitrogens with zero attached hydrogens (tertiary/aromatic N) is 1. The topological polar surface area (TPSA) is 83.8 Å². The molecule has 152 valence electrons. The van der Waals surface area contributed by atoms with Gasteiger partial charge in [-0.3, -0.25) is 0 Å². The van der Waals surface area contributed by atoms with Crippen LogP contribution in [0.15, 0.2) is 63.2 Å². The number of carbonyl (C=O) groups excluding carboxylic acids is 2. The predicted molar refractivity (Wildman–Crippen MR) is 111 cm³/mol. The van der Waals surface area contributed by atoms with Crippen molar-refractivity contribution in [3.8, 4) is 0 Å². The fourth-order valence-corrected chi connectivity index (χ4v) is 4.85. The Morgan fingerprint density at radius 1 is 1.31 bits per heavy atom. The molecule has 0 radical (unpaired) electrons.